The van der Waals surface area contributed by atoms with Crippen molar-refractivity contribution >= 4 is 29.7 Å². The highest BCUT2D eigenvalue weighted by Gasteiger charge is 2.37. The number of carbonyl (C=O) groups excluding carboxylic acids is 1. The highest BCUT2D eigenvalue weighted by molar-refractivity contribution is 7.12. The summed E-state index contributed by atoms with van der Waals surface area (Å²) in [6, 6.07) is 2.20. The molecule has 2 rings (SSSR count). The topological polar surface area (TPSA) is 55.1 Å². The predicted octanol–water partition coefficient (Wildman–Crippen LogP) is 3.24. The van der Waals surface area contributed by atoms with Gasteiger partial charge >= 0.3 is 0 Å². The van der Waals surface area contributed by atoms with Crippen LogP contribution < -0.4 is 11.1 Å². The van der Waals surface area contributed by atoms with Gasteiger partial charge in [0, 0.05) is 9.75 Å². The monoisotopic (exact) mass is 302 g/mol. The van der Waals surface area contributed by atoms with Gasteiger partial charge in [-0.05, 0) is 45.2 Å². The van der Waals surface area contributed by atoms with E-state index in [1.807, 2.05) is 6.92 Å². The number of carbonyl (C=O) groups is 1. The lowest BCUT2D eigenvalue weighted by Gasteiger charge is -2.25. The first kappa shape index (κ1) is 16.5. The zero-order chi connectivity index (χ0) is 13.3. The van der Waals surface area contributed by atoms with Gasteiger partial charge in [0.05, 0.1) is 11.6 Å². The molecule has 0 aromatic carbocycles. The van der Waals surface area contributed by atoms with Crippen LogP contribution in [0.1, 0.15) is 54.0 Å². The molecule has 3 nitrogen and oxygen atoms in total. The van der Waals surface area contributed by atoms with Crippen molar-refractivity contribution in [3.63, 3.8) is 0 Å². The highest BCUT2D eigenvalue weighted by atomic mass is 35.5. The summed E-state index contributed by atoms with van der Waals surface area (Å²) >= 11 is 1.77. The maximum absolute atomic E-state index is 12.2. The molecule has 0 radical (unpaired) electrons. The number of halogens is 1. The van der Waals surface area contributed by atoms with Crippen molar-refractivity contribution in [2.24, 2.45) is 5.73 Å². The molecule has 3 N–H and O–H groups in total. The Bertz CT molecular complexity index is 452. The number of aryl methyl sites for hydroxylation is 2. The van der Waals surface area contributed by atoms with E-state index in [4.69, 9.17) is 5.73 Å². The minimum Gasteiger partial charge on any atom is -0.348 e. The maximum atomic E-state index is 12.2. The number of nitrogens with two attached hydrogens (primary N) is 1. The molecule has 5 heteroatoms. The number of hydrogen-bond acceptors (Lipinski definition) is 3. The van der Waals surface area contributed by atoms with Crippen molar-refractivity contribution in [3.8, 4) is 0 Å². The average Bonchev–Trinajstić information content (AvgIpc) is 2.86. The Hall–Kier alpha value is -0.580. The Labute approximate surface area is 125 Å². The first-order valence-corrected chi connectivity index (χ1v) is 7.41. The van der Waals surface area contributed by atoms with Crippen LogP contribution in [-0.4, -0.2) is 11.4 Å². The van der Waals surface area contributed by atoms with Gasteiger partial charge in [-0.25, -0.2) is 0 Å². The molecule has 1 unspecified atom stereocenters. The van der Waals surface area contributed by atoms with Gasteiger partial charge in [0.1, 0.15) is 0 Å². The Kier molecular flexibility index (Phi) is 5.42. The summed E-state index contributed by atoms with van der Waals surface area (Å²) in [5.74, 6) is 0.00996. The van der Waals surface area contributed by atoms with E-state index < -0.39 is 5.54 Å². The summed E-state index contributed by atoms with van der Waals surface area (Å²) in [5, 5.41) is 3.08. The Morgan fingerprint density at radius 2 is 2.00 bits per heavy atom. The van der Waals surface area contributed by atoms with E-state index in [9.17, 15) is 4.79 Å². The van der Waals surface area contributed by atoms with E-state index >= 15 is 0 Å². The van der Waals surface area contributed by atoms with Crippen LogP contribution in [0.25, 0.3) is 0 Å². The van der Waals surface area contributed by atoms with E-state index in [1.165, 1.54) is 15.3 Å². The molecule has 1 aliphatic rings. The molecule has 0 bridgehead atoms. The largest absolute Gasteiger partial charge is 0.348 e. The first-order chi connectivity index (χ1) is 8.42. The summed E-state index contributed by atoms with van der Waals surface area (Å²) in [6.45, 7) is 6.23. The van der Waals surface area contributed by atoms with Crippen LogP contribution >= 0.6 is 23.7 Å². The number of amides is 1. The van der Waals surface area contributed by atoms with Crippen molar-refractivity contribution in [2.75, 3.05) is 0 Å². The fourth-order valence-corrected chi connectivity index (χ4v) is 3.75. The summed E-state index contributed by atoms with van der Waals surface area (Å²) < 4.78 is 0. The zero-order valence-corrected chi connectivity index (χ0v) is 13.4. The average molecular weight is 303 g/mol. The van der Waals surface area contributed by atoms with Gasteiger partial charge in [0.25, 0.3) is 0 Å². The van der Waals surface area contributed by atoms with Crippen LogP contribution in [-0.2, 0) is 4.79 Å². The van der Waals surface area contributed by atoms with Crippen LogP contribution in [0.3, 0.4) is 0 Å². The van der Waals surface area contributed by atoms with Crippen molar-refractivity contribution in [2.45, 2.75) is 58.0 Å². The van der Waals surface area contributed by atoms with Crippen molar-refractivity contribution in [3.05, 3.63) is 21.4 Å². The molecule has 1 aliphatic carbocycles. The van der Waals surface area contributed by atoms with E-state index in [-0.39, 0.29) is 24.4 Å². The van der Waals surface area contributed by atoms with E-state index in [0.29, 0.717) is 0 Å². The summed E-state index contributed by atoms with van der Waals surface area (Å²) in [6.07, 6.45) is 3.75. The fourth-order valence-electron chi connectivity index (χ4n) is 2.73. The molecular formula is C14H23ClN2OS. The second-order valence-electron chi connectivity index (χ2n) is 5.43. The molecule has 1 fully saturated rings. The molecule has 1 saturated carbocycles. The highest BCUT2D eigenvalue weighted by Crippen LogP contribution is 2.30. The zero-order valence-electron chi connectivity index (χ0n) is 11.8. The van der Waals surface area contributed by atoms with Crippen LogP contribution in [0.5, 0.6) is 0 Å². The molecule has 1 heterocycles. The molecular weight excluding hydrogens is 280 g/mol. The number of rotatable bonds is 3. The molecule has 1 amide bonds. The Balaban J connectivity index is 0.00000180. The number of thiophene rings is 1. The molecule has 108 valence electrons. The van der Waals surface area contributed by atoms with Crippen molar-refractivity contribution < 1.29 is 4.79 Å². The van der Waals surface area contributed by atoms with Gasteiger partial charge in [-0.1, -0.05) is 12.8 Å². The number of nitrogens with one attached hydrogen (secondary N) is 1. The van der Waals surface area contributed by atoms with Crippen LogP contribution in [0, 0.1) is 13.8 Å². The number of hydrogen-bond donors (Lipinski definition) is 2. The van der Waals surface area contributed by atoms with Gasteiger partial charge in [0.2, 0.25) is 5.91 Å². The summed E-state index contributed by atoms with van der Waals surface area (Å²) in [5.41, 5.74) is 6.75. The lowest BCUT2D eigenvalue weighted by atomic mass is 9.97. The second-order valence-corrected chi connectivity index (χ2v) is 6.89. The smallest absolute Gasteiger partial charge is 0.240 e. The van der Waals surface area contributed by atoms with E-state index in [0.717, 1.165) is 25.7 Å². The molecule has 19 heavy (non-hydrogen) atoms. The Morgan fingerprint density at radius 3 is 2.47 bits per heavy atom. The van der Waals surface area contributed by atoms with Gasteiger partial charge < -0.3 is 11.1 Å². The van der Waals surface area contributed by atoms with Crippen LogP contribution in [0.2, 0.25) is 0 Å². The van der Waals surface area contributed by atoms with Gasteiger partial charge in [-0.15, -0.1) is 23.7 Å². The molecule has 0 saturated heterocycles. The Morgan fingerprint density at radius 1 is 1.42 bits per heavy atom. The first-order valence-electron chi connectivity index (χ1n) is 6.59. The third-order valence-corrected chi connectivity index (χ3v) is 4.82. The normalized spacial score (nSPS) is 18.7. The standard InChI is InChI=1S/C14H22N2OS.ClH/c1-9-8-12(11(3)18-9)10(2)16-13(17)14(15)6-4-5-7-14;/h8,10H,4-7,15H2,1-3H3,(H,16,17);1H. The summed E-state index contributed by atoms with van der Waals surface area (Å²) in [4.78, 5) is 14.8. The molecule has 1 aromatic heterocycles. The molecule has 0 aliphatic heterocycles. The summed E-state index contributed by atoms with van der Waals surface area (Å²) in [7, 11) is 0. The lowest BCUT2D eigenvalue weighted by Crippen LogP contribution is -2.52. The molecule has 1 aromatic rings. The van der Waals surface area contributed by atoms with Gasteiger partial charge in [-0.3, -0.25) is 4.79 Å². The fraction of sp³-hybridized carbons (Fsp3) is 0.643. The van der Waals surface area contributed by atoms with Crippen LogP contribution in [0.15, 0.2) is 6.07 Å². The maximum Gasteiger partial charge on any atom is 0.240 e. The SMILES string of the molecule is Cc1cc(C(C)NC(=O)C2(N)CCCC2)c(C)s1.Cl. The van der Waals surface area contributed by atoms with E-state index in [1.54, 1.807) is 11.3 Å². The quantitative estimate of drug-likeness (QED) is 0.900. The lowest BCUT2D eigenvalue weighted by molar-refractivity contribution is -0.126. The third kappa shape index (κ3) is 3.50. The van der Waals surface area contributed by atoms with Gasteiger partial charge in [0.15, 0.2) is 0 Å². The van der Waals surface area contributed by atoms with Crippen LogP contribution in [0.4, 0.5) is 0 Å². The third-order valence-electron chi connectivity index (χ3n) is 3.84. The predicted molar refractivity (Wildman–Crippen MR) is 83.0 cm³/mol. The second kappa shape index (κ2) is 6.25. The minimum absolute atomic E-state index is 0. The van der Waals surface area contributed by atoms with Crippen molar-refractivity contribution in [1.82, 2.24) is 5.32 Å². The van der Waals surface area contributed by atoms with Crippen molar-refractivity contribution in [1.29, 1.82) is 0 Å². The molecule has 1 atom stereocenters. The minimum atomic E-state index is -0.632. The van der Waals surface area contributed by atoms with Gasteiger partial charge in [-0.2, -0.15) is 0 Å². The molecule has 0 spiro atoms. The van der Waals surface area contributed by atoms with E-state index in [2.05, 4.69) is 25.2 Å².